The fraction of sp³-hybridized carbons (Fsp3) is 0.200. The number of nitrogens with zero attached hydrogens (tertiary/aromatic N) is 3. The maximum atomic E-state index is 12.5. The number of hydrogen-bond acceptors (Lipinski definition) is 4. The van der Waals surface area contributed by atoms with Gasteiger partial charge in [-0.15, -0.1) is 0 Å². The molecule has 0 N–H and O–H groups in total. The third-order valence-corrected chi connectivity index (χ3v) is 4.62. The van der Waals surface area contributed by atoms with Crippen molar-refractivity contribution in [3.63, 3.8) is 0 Å². The van der Waals surface area contributed by atoms with Crippen LogP contribution in [0.4, 0.5) is 4.79 Å². The van der Waals surface area contributed by atoms with Crippen LogP contribution in [0.1, 0.15) is 11.1 Å². The van der Waals surface area contributed by atoms with Gasteiger partial charge in [0.25, 0.3) is 0 Å². The van der Waals surface area contributed by atoms with E-state index >= 15 is 0 Å². The normalized spacial score (nSPS) is 14.0. The first kappa shape index (κ1) is 19.6. The molecule has 28 heavy (non-hydrogen) atoms. The number of halogens is 1. The lowest BCUT2D eigenvalue weighted by Gasteiger charge is -2.20. The zero-order chi connectivity index (χ0) is 20.3. The summed E-state index contributed by atoms with van der Waals surface area (Å²) < 4.78 is 0. The molecular weight excluding hydrogens is 382 g/mol. The standard InChI is InChI=1S/C20H18ClN3O4/c1-22(11-15-7-9-16(21)10-8-15)17(25)13-24-19(27)18(26)23(20(24)28)12-14-5-3-2-4-6-14/h2-10H,11-13H2,1H3. The molecule has 144 valence electrons. The van der Waals surface area contributed by atoms with Gasteiger partial charge in [-0.2, -0.15) is 0 Å². The predicted molar refractivity (Wildman–Crippen MR) is 102 cm³/mol. The number of imide groups is 2. The van der Waals surface area contributed by atoms with Gasteiger partial charge in [0.05, 0.1) is 6.54 Å². The topological polar surface area (TPSA) is 78.0 Å². The van der Waals surface area contributed by atoms with E-state index in [0.717, 1.165) is 10.5 Å². The molecule has 1 aliphatic rings. The molecule has 1 aliphatic heterocycles. The van der Waals surface area contributed by atoms with E-state index in [9.17, 15) is 19.2 Å². The zero-order valence-electron chi connectivity index (χ0n) is 15.2. The maximum Gasteiger partial charge on any atom is 0.335 e. The molecule has 0 atom stereocenters. The SMILES string of the molecule is CN(Cc1ccc(Cl)cc1)C(=O)CN1C(=O)C(=O)N(Cc2ccccc2)C1=O. The number of carbonyl (C=O) groups is 4. The highest BCUT2D eigenvalue weighted by molar-refractivity contribution is 6.44. The monoisotopic (exact) mass is 399 g/mol. The van der Waals surface area contributed by atoms with Crippen LogP contribution in [0.15, 0.2) is 54.6 Å². The molecule has 2 aromatic rings. The second-order valence-corrected chi connectivity index (χ2v) is 6.86. The summed E-state index contributed by atoms with van der Waals surface area (Å²) in [7, 11) is 1.56. The molecule has 1 heterocycles. The largest absolute Gasteiger partial charge is 0.340 e. The van der Waals surface area contributed by atoms with Crippen molar-refractivity contribution in [2.24, 2.45) is 0 Å². The van der Waals surface area contributed by atoms with E-state index in [4.69, 9.17) is 11.6 Å². The molecule has 1 saturated heterocycles. The Morgan fingerprint density at radius 3 is 2.14 bits per heavy atom. The Morgan fingerprint density at radius 1 is 0.893 bits per heavy atom. The van der Waals surface area contributed by atoms with E-state index in [-0.39, 0.29) is 13.1 Å². The maximum absolute atomic E-state index is 12.5. The summed E-state index contributed by atoms with van der Waals surface area (Å²) in [5, 5.41) is 0.586. The average molecular weight is 400 g/mol. The summed E-state index contributed by atoms with van der Waals surface area (Å²) in [5.74, 6) is -2.37. The third kappa shape index (κ3) is 4.20. The van der Waals surface area contributed by atoms with Crippen molar-refractivity contribution in [1.29, 1.82) is 0 Å². The smallest absolute Gasteiger partial charge is 0.335 e. The summed E-state index contributed by atoms with van der Waals surface area (Å²) in [6.07, 6.45) is 0. The quantitative estimate of drug-likeness (QED) is 0.551. The highest BCUT2D eigenvalue weighted by Crippen LogP contribution is 2.17. The van der Waals surface area contributed by atoms with Gasteiger partial charge in [0.15, 0.2) is 0 Å². The van der Waals surface area contributed by atoms with Gasteiger partial charge in [-0.1, -0.05) is 54.1 Å². The summed E-state index contributed by atoms with van der Waals surface area (Å²) in [4.78, 5) is 52.3. The van der Waals surface area contributed by atoms with E-state index in [1.807, 2.05) is 6.07 Å². The molecule has 1 fully saturated rings. The van der Waals surface area contributed by atoms with Gasteiger partial charge < -0.3 is 4.90 Å². The van der Waals surface area contributed by atoms with Gasteiger partial charge in [0.2, 0.25) is 5.91 Å². The van der Waals surface area contributed by atoms with Gasteiger partial charge in [0.1, 0.15) is 6.54 Å². The van der Waals surface area contributed by atoms with Gasteiger partial charge in [-0.3, -0.25) is 19.3 Å². The molecule has 0 aromatic heterocycles. The molecule has 3 rings (SSSR count). The van der Waals surface area contributed by atoms with Crippen LogP contribution in [-0.4, -0.2) is 52.0 Å². The average Bonchev–Trinajstić information content (AvgIpc) is 2.88. The second-order valence-electron chi connectivity index (χ2n) is 6.43. The van der Waals surface area contributed by atoms with Gasteiger partial charge in [0, 0.05) is 18.6 Å². The van der Waals surface area contributed by atoms with Gasteiger partial charge in [-0.05, 0) is 23.3 Å². The minimum atomic E-state index is -0.992. The van der Waals surface area contributed by atoms with E-state index < -0.39 is 30.3 Å². The highest BCUT2D eigenvalue weighted by atomic mass is 35.5. The van der Waals surface area contributed by atoms with Gasteiger partial charge in [-0.25, -0.2) is 9.69 Å². The van der Waals surface area contributed by atoms with Crippen molar-refractivity contribution >= 4 is 35.4 Å². The number of urea groups is 1. The number of amides is 5. The fourth-order valence-corrected chi connectivity index (χ4v) is 2.93. The molecule has 2 aromatic carbocycles. The van der Waals surface area contributed by atoms with Crippen LogP contribution in [0.2, 0.25) is 5.02 Å². The summed E-state index contributed by atoms with van der Waals surface area (Å²) in [6.45, 7) is -0.220. The lowest BCUT2D eigenvalue weighted by Crippen LogP contribution is -2.41. The van der Waals surface area contributed by atoms with Gasteiger partial charge >= 0.3 is 17.8 Å². The van der Waals surface area contributed by atoms with Crippen LogP contribution in [0.5, 0.6) is 0 Å². The summed E-state index contributed by atoms with van der Waals surface area (Å²) >= 11 is 5.84. The van der Waals surface area contributed by atoms with Crippen molar-refractivity contribution < 1.29 is 19.2 Å². The second kappa shape index (κ2) is 8.22. The Labute approximate surface area is 167 Å². The van der Waals surface area contributed by atoms with Crippen LogP contribution < -0.4 is 0 Å². The van der Waals surface area contributed by atoms with Crippen LogP contribution in [0, 0.1) is 0 Å². The molecule has 8 heteroatoms. The molecular formula is C20H18ClN3O4. The minimum absolute atomic E-state index is 0.0183. The molecule has 0 unspecified atom stereocenters. The highest BCUT2D eigenvalue weighted by Gasteiger charge is 2.45. The lowest BCUT2D eigenvalue weighted by molar-refractivity contribution is -0.145. The molecule has 0 aliphatic carbocycles. The first-order chi connectivity index (χ1) is 13.4. The Morgan fingerprint density at radius 2 is 1.50 bits per heavy atom. The molecule has 0 radical (unpaired) electrons. The van der Waals surface area contributed by atoms with Crippen molar-refractivity contribution in [3.05, 3.63) is 70.7 Å². The summed E-state index contributed by atoms with van der Waals surface area (Å²) in [5.41, 5.74) is 1.56. The third-order valence-electron chi connectivity index (χ3n) is 4.37. The van der Waals surface area contributed by atoms with Crippen LogP contribution >= 0.6 is 11.6 Å². The Kier molecular flexibility index (Phi) is 5.75. The van der Waals surface area contributed by atoms with Crippen LogP contribution in [0.3, 0.4) is 0 Å². The van der Waals surface area contributed by atoms with Crippen LogP contribution in [0.25, 0.3) is 0 Å². The Balaban J connectivity index is 1.65. The minimum Gasteiger partial charge on any atom is -0.340 e. The van der Waals surface area contributed by atoms with Crippen molar-refractivity contribution in [2.75, 3.05) is 13.6 Å². The Hall–Kier alpha value is -3.19. The molecule has 5 amide bonds. The van der Waals surface area contributed by atoms with Crippen LogP contribution in [-0.2, 0) is 27.5 Å². The van der Waals surface area contributed by atoms with E-state index in [1.54, 1.807) is 55.6 Å². The Bertz CT molecular complexity index is 915. The number of carbonyl (C=O) groups excluding carboxylic acids is 4. The van der Waals surface area contributed by atoms with E-state index in [0.29, 0.717) is 15.5 Å². The number of benzene rings is 2. The molecule has 7 nitrogen and oxygen atoms in total. The van der Waals surface area contributed by atoms with Crippen molar-refractivity contribution in [1.82, 2.24) is 14.7 Å². The zero-order valence-corrected chi connectivity index (χ0v) is 15.9. The first-order valence-corrected chi connectivity index (χ1v) is 8.94. The number of rotatable bonds is 6. The number of likely N-dealkylation sites (N-methyl/N-ethyl adjacent to an activating group) is 1. The van der Waals surface area contributed by atoms with Crippen molar-refractivity contribution in [2.45, 2.75) is 13.1 Å². The molecule has 0 spiro atoms. The molecule has 0 bridgehead atoms. The summed E-state index contributed by atoms with van der Waals surface area (Å²) in [6, 6.07) is 15.1. The predicted octanol–water partition coefficient (Wildman–Crippen LogP) is 2.29. The first-order valence-electron chi connectivity index (χ1n) is 8.56. The van der Waals surface area contributed by atoms with Crippen molar-refractivity contribution in [3.8, 4) is 0 Å². The fourth-order valence-electron chi connectivity index (χ4n) is 2.80. The number of hydrogen-bond donors (Lipinski definition) is 0. The van der Waals surface area contributed by atoms with E-state index in [1.165, 1.54) is 4.90 Å². The molecule has 0 saturated carbocycles. The lowest BCUT2D eigenvalue weighted by atomic mass is 10.2. The van der Waals surface area contributed by atoms with E-state index in [2.05, 4.69) is 0 Å².